The average molecular weight is 407 g/mol. The molecule has 30 heavy (non-hydrogen) atoms. The summed E-state index contributed by atoms with van der Waals surface area (Å²) in [6.07, 6.45) is 1.42. The van der Waals surface area contributed by atoms with Crippen LogP contribution < -0.4 is 15.0 Å². The van der Waals surface area contributed by atoms with Gasteiger partial charge < -0.3 is 19.9 Å². The molecular formula is C23H25N3O4. The van der Waals surface area contributed by atoms with E-state index < -0.39 is 6.04 Å². The number of ether oxygens (including phenoxy) is 1. The molecule has 0 bridgehead atoms. The predicted octanol–water partition coefficient (Wildman–Crippen LogP) is 2.27. The van der Waals surface area contributed by atoms with Gasteiger partial charge in [0.25, 0.3) is 5.91 Å². The van der Waals surface area contributed by atoms with Crippen molar-refractivity contribution in [2.45, 2.75) is 32.4 Å². The fourth-order valence-corrected chi connectivity index (χ4v) is 4.24. The fourth-order valence-electron chi connectivity index (χ4n) is 4.24. The summed E-state index contributed by atoms with van der Waals surface area (Å²) in [5.74, 6) is 0.113. The highest BCUT2D eigenvalue weighted by atomic mass is 16.5. The number of nitrogens with zero attached hydrogens (tertiary/aromatic N) is 2. The van der Waals surface area contributed by atoms with E-state index in [4.69, 9.17) is 4.74 Å². The molecule has 7 heteroatoms. The smallest absolute Gasteiger partial charge is 0.256 e. The molecular weight excluding hydrogens is 382 g/mol. The van der Waals surface area contributed by atoms with E-state index >= 15 is 0 Å². The van der Waals surface area contributed by atoms with E-state index in [0.717, 1.165) is 17.5 Å². The quantitative estimate of drug-likeness (QED) is 0.825. The molecule has 0 unspecified atom stereocenters. The molecule has 2 aliphatic heterocycles. The van der Waals surface area contributed by atoms with Crippen molar-refractivity contribution in [2.75, 3.05) is 25.1 Å². The molecule has 1 atom stereocenters. The first kappa shape index (κ1) is 19.9. The van der Waals surface area contributed by atoms with Crippen LogP contribution in [0.2, 0.25) is 0 Å². The largest absolute Gasteiger partial charge is 0.497 e. The van der Waals surface area contributed by atoms with Crippen molar-refractivity contribution in [3.8, 4) is 5.75 Å². The summed E-state index contributed by atoms with van der Waals surface area (Å²) in [4.78, 5) is 42.3. The number of rotatable bonds is 5. The number of hydrogen-bond donors (Lipinski definition) is 1. The molecule has 1 N–H and O–H groups in total. The first-order valence-electron chi connectivity index (χ1n) is 10.1. The zero-order chi connectivity index (χ0) is 21.3. The van der Waals surface area contributed by atoms with E-state index in [9.17, 15) is 14.4 Å². The van der Waals surface area contributed by atoms with Crippen molar-refractivity contribution in [3.63, 3.8) is 0 Å². The molecule has 7 nitrogen and oxygen atoms in total. The lowest BCUT2D eigenvalue weighted by Gasteiger charge is -2.26. The predicted molar refractivity (Wildman–Crippen MR) is 112 cm³/mol. The standard InChI is InChI=1S/C23H25N3O4/c1-15-6-3-9-18-21(15)26(23(29)19-10-5-11-25(19)22(18)28)14-20(27)24-13-16-7-4-8-17(12-16)30-2/h3-4,6-9,12,19H,5,10-11,13-14H2,1-2H3,(H,24,27)/t19-/m1/s1. The number of amides is 3. The Hall–Kier alpha value is -3.35. The molecule has 1 saturated heterocycles. The Bertz CT molecular complexity index is 1000. The van der Waals surface area contributed by atoms with E-state index in [2.05, 4.69) is 5.32 Å². The van der Waals surface area contributed by atoms with Gasteiger partial charge in [0.15, 0.2) is 0 Å². The number of hydrogen-bond acceptors (Lipinski definition) is 4. The van der Waals surface area contributed by atoms with Crippen LogP contribution in [0.25, 0.3) is 0 Å². The topological polar surface area (TPSA) is 79.0 Å². The Labute approximate surface area is 175 Å². The fraction of sp³-hybridized carbons (Fsp3) is 0.348. The maximum atomic E-state index is 13.3. The normalized spacial score (nSPS) is 18.0. The summed E-state index contributed by atoms with van der Waals surface area (Å²) in [7, 11) is 1.59. The monoisotopic (exact) mass is 407 g/mol. The molecule has 2 aromatic carbocycles. The second-order valence-electron chi connectivity index (χ2n) is 7.68. The highest BCUT2D eigenvalue weighted by Gasteiger charge is 2.42. The van der Waals surface area contributed by atoms with Crippen molar-refractivity contribution >= 4 is 23.4 Å². The molecule has 0 saturated carbocycles. The zero-order valence-corrected chi connectivity index (χ0v) is 17.2. The second kappa shape index (κ2) is 8.18. The van der Waals surface area contributed by atoms with Gasteiger partial charge in [0, 0.05) is 13.1 Å². The zero-order valence-electron chi connectivity index (χ0n) is 17.2. The average Bonchev–Trinajstić information content (AvgIpc) is 3.22. The van der Waals surface area contributed by atoms with Gasteiger partial charge in [-0.2, -0.15) is 0 Å². The molecule has 3 amide bonds. The number of methoxy groups -OCH3 is 1. The number of benzene rings is 2. The Kier molecular flexibility index (Phi) is 5.44. The molecule has 2 aromatic rings. The van der Waals surface area contributed by atoms with E-state index in [1.165, 1.54) is 4.90 Å². The van der Waals surface area contributed by atoms with E-state index in [0.29, 0.717) is 36.5 Å². The van der Waals surface area contributed by atoms with Crippen LogP contribution in [0.15, 0.2) is 42.5 Å². The van der Waals surface area contributed by atoms with Crippen LogP contribution in [0.1, 0.15) is 34.3 Å². The van der Waals surface area contributed by atoms with Gasteiger partial charge in [0.05, 0.1) is 18.4 Å². The molecule has 0 aromatic heterocycles. The lowest BCUT2D eigenvalue weighted by molar-refractivity contribution is -0.125. The molecule has 2 aliphatic rings. The molecule has 0 aliphatic carbocycles. The molecule has 156 valence electrons. The number of carbonyl (C=O) groups excluding carboxylic acids is 3. The highest BCUT2D eigenvalue weighted by molar-refractivity contribution is 6.13. The number of carbonyl (C=O) groups is 3. The first-order valence-corrected chi connectivity index (χ1v) is 10.1. The molecule has 4 rings (SSSR count). The van der Waals surface area contributed by atoms with Gasteiger partial charge in [-0.15, -0.1) is 0 Å². The van der Waals surface area contributed by atoms with Gasteiger partial charge >= 0.3 is 0 Å². The summed E-state index contributed by atoms with van der Waals surface area (Å²) >= 11 is 0. The Morgan fingerprint density at radius 1 is 1.20 bits per heavy atom. The molecule has 0 radical (unpaired) electrons. The number of aryl methyl sites for hydroxylation is 1. The van der Waals surface area contributed by atoms with Gasteiger partial charge in [0.2, 0.25) is 11.8 Å². The highest BCUT2D eigenvalue weighted by Crippen LogP contribution is 2.34. The molecule has 1 fully saturated rings. The minimum Gasteiger partial charge on any atom is -0.497 e. The SMILES string of the molecule is COc1cccc(CNC(=O)CN2C(=O)[C@H]3CCCN3C(=O)c3cccc(C)c32)c1. The third kappa shape index (κ3) is 3.63. The third-order valence-corrected chi connectivity index (χ3v) is 5.73. The van der Waals surface area contributed by atoms with Gasteiger partial charge in [0.1, 0.15) is 18.3 Å². The summed E-state index contributed by atoms with van der Waals surface area (Å²) in [6.45, 7) is 2.63. The minimum atomic E-state index is -0.504. The lowest BCUT2D eigenvalue weighted by Crippen LogP contribution is -2.48. The van der Waals surface area contributed by atoms with E-state index in [1.807, 2.05) is 43.3 Å². The second-order valence-corrected chi connectivity index (χ2v) is 7.68. The first-order chi connectivity index (χ1) is 14.5. The number of fused-ring (bicyclic) bond motifs is 2. The van der Waals surface area contributed by atoms with Crippen LogP contribution in [0.4, 0.5) is 5.69 Å². The summed E-state index contributed by atoms with van der Waals surface area (Å²) < 4.78 is 5.21. The lowest BCUT2D eigenvalue weighted by atomic mass is 10.1. The van der Waals surface area contributed by atoms with Gasteiger partial charge in [-0.05, 0) is 49.1 Å². The Morgan fingerprint density at radius 2 is 2.00 bits per heavy atom. The van der Waals surface area contributed by atoms with Crippen LogP contribution in [-0.4, -0.2) is 48.9 Å². The number of nitrogens with one attached hydrogen (secondary N) is 1. The van der Waals surface area contributed by atoms with Gasteiger partial charge in [-0.25, -0.2) is 0 Å². The van der Waals surface area contributed by atoms with Crippen molar-refractivity contribution < 1.29 is 19.1 Å². The number of anilines is 1. The van der Waals surface area contributed by atoms with E-state index in [1.54, 1.807) is 18.1 Å². The number of para-hydroxylation sites is 1. The minimum absolute atomic E-state index is 0.127. The van der Waals surface area contributed by atoms with E-state index in [-0.39, 0.29) is 24.3 Å². The Morgan fingerprint density at radius 3 is 2.80 bits per heavy atom. The van der Waals surface area contributed by atoms with Gasteiger partial charge in [-0.1, -0.05) is 24.3 Å². The van der Waals surface area contributed by atoms with Crippen LogP contribution in [0, 0.1) is 6.92 Å². The molecule has 2 heterocycles. The van der Waals surface area contributed by atoms with Crippen molar-refractivity contribution in [1.82, 2.24) is 10.2 Å². The summed E-state index contributed by atoms with van der Waals surface area (Å²) in [5.41, 5.74) is 2.72. The van der Waals surface area contributed by atoms with Crippen molar-refractivity contribution in [2.24, 2.45) is 0 Å². The van der Waals surface area contributed by atoms with Crippen LogP contribution in [0.3, 0.4) is 0 Å². The maximum Gasteiger partial charge on any atom is 0.256 e. The van der Waals surface area contributed by atoms with Crippen molar-refractivity contribution in [3.05, 3.63) is 59.2 Å². The summed E-state index contributed by atoms with van der Waals surface area (Å²) in [6, 6.07) is 12.4. The summed E-state index contributed by atoms with van der Waals surface area (Å²) in [5, 5.41) is 2.87. The van der Waals surface area contributed by atoms with Gasteiger partial charge in [-0.3, -0.25) is 14.4 Å². The van der Waals surface area contributed by atoms with Crippen molar-refractivity contribution in [1.29, 1.82) is 0 Å². The third-order valence-electron chi connectivity index (χ3n) is 5.73. The maximum absolute atomic E-state index is 13.3. The Balaban J connectivity index is 1.57. The van der Waals surface area contributed by atoms with Crippen LogP contribution in [-0.2, 0) is 16.1 Å². The van der Waals surface area contributed by atoms with Crippen LogP contribution >= 0.6 is 0 Å². The van der Waals surface area contributed by atoms with Crippen LogP contribution in [0.5, 0.6) is 5.75 Å². The molecule has 0 spiro atoms.